The molecular formula is C11H15N3O2S. The Labute approximate surface area is 101 Å². The maximum absolute atomic E-state index is 10.8. The van der Waals surface area contributed by atoms with Crippen molar-refractivity contribution in [1.82, 2.24) is 4.90 Å². The molecule has 0 unspecified atom stereocenters. The monoisotopic (exact) mass is 253 g/mol. The molecule has 1 heterocycles. The van der Waals surface area contributed by atoms with Crippen molar-refractivity contribution in [3.63, 3.8) is 0 Å². The number of nitrogens with two attached hydrogens (primary N) is 1. The molecule has 0 aliphatic carbocycles. The molecule has 1 aliphatic heterocycles. The Morgan fingerprint density at radius 2 is 2.06 bits per heavy atom. The van der Waals surface area contributed by atoms with Crippen LogP contribution < -0.4 is 5.14 Å². The highest BCUT2D eigenvalue weighted by Crippen LogP contribution is 2.22. The predicted octanol–water partition coefficient (Wildman–Crippen LogP) is 0.506. The van der Waals surface area contributed by atoms with E-state index in [1.165, 1.54) is 0 Å². The number of hydrogen-bond donors (Lipinski definition) is 2. The molecule has 0 saturated carbocycles. The molecule has 0 radical (unpaired) electrons. The molecule has 0 spiro atoms. The van der Waals surface area contributed by atoms with Crippen molar-refractivity contribution in [1.29, 1.82) is 5.41 Å². The van der Waals surface area contributed by atoms with Crippen LogP contribution in [-0.4, -0.2) is 31.5 Å². The SMILES string of the molecule is N=C1c2ccccc2CN1CCCS(N)(=O)=O. The van der Waals surface area contributed by atoms with E-state index >= 15 is 0 Å². The van der Waals surface area contributed by atoms with Crippen LogP contribution in [0.1, 0.15) is 17.5 Å². The second-order valence-electron chi connectivity index (χ2n) is 4.15. The second kappa shape index (κ2) is 4.46. The number of sulfonamides is 1. The second-order valence-corrected chi connectivity index (χ2v) is 5.88. The fraction of sp³-hybridized carbons (Fsp3) is 0.364. The van der Waals surface area contributed by atoms with Crippen LogP contribution in [0.3, 0.4) is 0 Å². The Balaban J connectivity index is 1.97. The lowest BCUT2D eigenvalue weighted by Gasteiger charge is -2.17. The van der Waals surface area contributed by atoms with E-state index in [4.69, 9.17) is 10.5 Å². The van der Waals surface area contributed by atoms with Gasteiger partial charge in [0.2, 0.25) is 10.0 Å². The minimum atomic E-state index is -3.40. The van der Waals surface area contributed by atoms with Crippen molar-refractivity contribution in [2.75, 3.05) is 12.3 Å². The lowest BCUT2D eigenvalue weighted by Crippen LogP contribution is -2.27. The van der Waals surface area contributed by atoms with E-state index in [-0.39, 0.29) is 5.75 Å². The summed E-state index contributed by atoms with van der Waals surface area (Å²) in [4.78, 5) is 1.87. The summed E-state index contributed by atoms with van der Waals surface area (Å²) in [6.07, 6.45) is 0.454. The minimum absolute atomic E-state index is 0.0346. The molecule has 17 heavy (non-hydrogen) atoms. The summed E-state index contributed by atoms with van der Waals surface area (Å²) < 4.78 is 21.6. The smallest absolute Gasteiger partial charge is 0.209 e. The van der Waals surface area contributed by atoms with Gasteiger partial charge in [-0.05, 0) is 12.0 Å². The summed E-state index contributed by atoms with van der Waals surface area (Å²) in [5.74, 6) is 0.433. The molecule has 0 atom stereocenters. The van der Waals surface area contributed by atoms with Crippen molar-refractivity contribution < 1.29 is 8.42 Å². The molecule has 0 amide bonds. The Morgan fingerprint density at radius 1 is 1.35 bits per heavy atom. The third kappa shape index (κ3) is 2.83. The molecule has 92 valence electrons. The Hall–Kier alpha value is -1.40. The quantitative estimate of drug-likeness (QED) is 0.819. The molecule has 1 aromatic carbocycles. The van der Waals surface area contributed by atoms with Gasteiger partial charge in [-0.3, -0.25) is 5.41 Å². The molecule has 0 aromatic heterocycles. The van der Waals surface area contributed by atoms with Gasteiger partial charge in [0.15, 0.2) is 0 Å². The summed E-state index contributed by atoms with van der Waals surface area (Å²) >= 11 is 0. The van der Waals surface area contributed by atoms with E-state index in [1.807, 2.05) is 29.2 Å². The van der Waals surface area contributed by atoms with E-state index in [2.05, 4.69) is 0 Å². The lowest BCUT2D eigenvalue weighted by atomic mass is 10.1. The van der Waals surface area contributed by atoms with Gasteiger partial charge in [-0.2, -0.15) is 0 Å². The van der Waals surface area contributed by atoms with Gasteiger partial charge >= 0.3 is 0 Å². The van der Waals surface area contributed by atoms with Crippen molar-refractivity contribution in [2.45, 2.75) is 13.0 Å². The summed E-state index contributed by atoms with van der Waals surface area (Å²) in [5, 5.41) is 12.9. The zero-order valence-corrected chi connectivity index (χ0v) is 10.2. The first-order valence-corrected chi connectivity index (χ1v) is 7.11. The van der Waals surface area contributed by atoms with Crippen molar-refractivity contribution >= 4 is 15.9 Å². The fourth-order valence-electron chi connectivity index (χ4n) is 1.99. The van der Waals surface area contributed by atoms with Gasteiger partial charge in [0, 0.05) is 18.7 Å². The fourth-order valence-corrected chi connectivity index (χ4v) is 2.52. The van der Waals surface area contributed by atoms with Crippen molar-refractivity contribution in [2.24, 2.45) is 5.14 Å². The van der Waals surface area contributed by atoms with Gasteiger partial charge in [-0.15, -0.1) is 0 Å². The van der Waals surface area contributed by atoms with Crippen LogP contribution in [-0.2, 0) is 16.6 Å². The molecule has 2 rings (SSSR count). The number of hydrogen-bond acceptors (Lipinski definition) is 3. The van der Waals surface area contributed by atoms with E-state index in [0.29, 0.717) is 25.3 Å². The first-order chi connectivity index (χ1) is 7.97. The molecule has 0 bridgehead atoms. The predicted molar refractivity (Wildman–Crippen MR) is 66.3 cm³/mol. The van der Waals surface area contributed by atoms with Gasteiger partial charge in [0.1, 0.15) is 5.84 Å². The third-order valence-corrected chi connectivity index (χ3v) is 3.66. The molecule has 0 fully saturated rings. The van der Waals surface area contributed by atoms with E-state index < -0.39 is 10.0 Å². The first kappa shape index (κ1) is 12.1. The van der Waals surface area contributed by atoms with Crippen molar-refractivity contribution in [3.05, 3.63) is 35.4 Å². The van der Waals surface area contributed by atoms with Gasteiger partial charge in [-0.25, -0.2) is 13.6 Å². The molecule has 6 heteroatoms. The number of fused-ring (bicyclic) bond motifs is 1. The average Bonchev–Trinajstić information content (AvgIpc) is 2.55. The average molecular weight is 253 g/mol. The molecule has 0 saturated heterocycles. The minimum Gasteiger partial charge on any atom is -0.352 e. The summed E-state index contributed by atoms with van der Waals surface area (Å²) in [5.41, 5.74) is 2.05. The van der Waals surface area contributed by atoms with Gasteiger partial charge in [0.25, 0.3) is 0 Å². The van der Waals surface area contributed by atoms with E-state index in [0.717, 1.165) is 11.1 Å². The van der Waals surface area contributed by atoms with Crippen LogP contribution in [0.4, 0.5) is 0 Å². The standard InChI is InChI=1S/C11H15N3O2S/c12-11-10-5-2-1-4-9(10)8-14(11)6-3-7-17(13,15)16/h1-2,4-5,12H,3,6-8H2,(H2,13,15,16). The third-order valence-electron chi connectivity index (χ3n) is 2.81. The lowest BCUT2D eigenvalue weighted by molar-refractivity contribution is 0.426. The van der Waals surface area contributed by atoms with E-state index in [1.54, 1.807) is 0 Å². The maximum atomic E-state index is 10.8. The van der Waals surface area contributed by atoms with E-state index in [9.17, 15) is 8.42 Å². The van der Waals surface area contributed by atoms with Gasteiger partial charge < -0.3 is 4.90 Å². The Kier molecular flexibility index (Phi) is 3.17. The number of benzene rings is 1. The zero-order chi connectivity index (χ0) is 12.5. The number of nitrogens with zero attached hydrogens (tertiary/aromatic N) is 1. The van der Waals surface area contributed by atoms with Crippen LogP contribution in [0, 0.1) is 5.41 Å². The van der Waals surface area contributed by atoms with Gasteiger partial charge in [0.05, 0.1) is 5.75 Å². The van der Waals surface area contributed by atoms with Gasteiger partial charge in [-0.1, -0.05) is 24.3 Å². The molecule has 1 aliphatic rings. The highest BCUT2D eigenvalue weighted by atomic mass is 32.2. The van der Waals surface area contributed by atoms with Crippen LogP contribution >= 0.6 is 0 Å². The maximum Gasteiger partial charge on any atom is 0.209 e. The van der Waals surface area contributed by atoms with Crippen LogP contribution in [0.25, 0.3) is 0 Å². The molecule has 5 nitrogen and oxygen atoms in total. The number of amidine groups is 1. The Morgan fingerprint density at radius 3 is 2.71 bits per heavy atom. The molecule has 3 N–H and O–H groups in total. The largest absolute Gasteiger partial charge is 0.352 e. The number of primary sulfonamides is 1. The summed E-state index contributed by atoms with van der Waals surface area (Å²) in [6, 6.07) is 7.75. The summed E-state index contributed by atoms with van der Waals surface area (Å²) in [7, 11) is -3.40. The number of nitrogens with one attached hydrogen (secondary N) is 1. The Bertz CT molecular complexity index is 539. The highest BCUT2D eigenvalue weighted by molar-refractivity contribution is 7.89. The van der Waals surface area contributed by atoms with Crippen molar-refractivity contribution in [3.8, 4) is 0 Å². The normalized spacial score (nSPS) is 15.1. The van der Waals surface area contributed by atoms with Crippen LogP contribution in [0.5, 0.6) is 0 Å². The number of rotatable bonds is 4. The zero-order valence-electron chi connectivity index (χ0n) is 9.39. The molecular weight excluding hydrogens is 238 g/mol. The van der Waals surface area contributed by atoms with Crippen LogP contribution in [0.15, 0.2) is 24.3 Å². The first-order valence-electron chi connectivity index (χ1n) is 5.39. The molecule has 1 aromatic rings. The highest BCUT2D eigenvalue weighted by Gasteiger charge is 2.23. The topological polar surface area (TPSA) is 87.2 Å². The summed E-state index contributed by atoms with van der Waals surface area (Å²) in [6.45, 7) is 1.23. The van der Waals surface area contributed by atoms with Crippen LogP contribution in [0.2, 0.25) is 0 Å².